The maximum Gasteiger partial charge on any atom is 0.246 e. The lowest BCUT2D eigenvalue weighted by Gasteiger charge is -2.33. The molecular weight excluding hydrogens is 326 g/mol. The largest absolute Gasteiger partial charge is 0.324 e. The Balaban J connectivity index is 1.60. The number of nitrogens with one attached hydrogen (secondary N) is 2. The average molecular weight is 355 g/mol. The minimum atomic E-state index is -0.419. The highest BCUT2D eigenvalue weighted by molar-refractivity contribution is 5.95. The van der Waals surface area contributed by atoms with Crippen molar-refractivity contribution in [3.05, 3.63) is 47.8 Å². The van der Waals surface area contributed by atoms with Crippen LogP contribution in [0.4, 0.5) is 5.69 Å². The van der Waals surface area contributed by atoms with Gasteiger partial charge in [0.1, 0.15) is 6.04 Å². The van der Waals surface area contributed by atoms with Crippen LogP contribution in [0.25, 0.3) is 0 Å². The van der Waals surface area contributed by atoms with Crippen LogP contribution in [0.2, 0.25) is 0 Å². The van der Waals surface area contributed by atoms with Crippen LogP contribution in [-0.2, 0) is 18.4 Å². The molecule has 2 N–H and O–H groups in total. The van der Waals surface area contributed by atoms with Crippen LogP contribution in [0, 0.1) is 0 Å². The van der Waals surface area contributed by atoms with E-state index in [2.05, 4.69) is 39.7 Å². The predicted octanol–water partition coefficient (Wildman–Crippen LogP) is 2.69. The Morgan fingerprint density at radius 1 is 1.31 bits per heavy atom. The van der Waals surface area contributed by atoms with Gasteiger partial charge in [-0.3, -0.25) is 14.4 Å². The molecule has 1 aliphatic heterocycles. The lowest BCUT2D eigenvalue weighted by Crippen LogP contribution is -2.36. The Labute approximate surface area is 155 Å². The number of likely N-dealkylation sites (N-methyl/N-ethyl adjacent to an activating group) is 1. The summed E-state index contributed by atoms with van der Waals surface area (Å²) in [5.41, 5.74) is 2.95. The lowest BCUT2D eigenvalue weighted by atomic mass is 10.0. The smallest absolute Gasteiger partial charge is 0.246 e. The molecule has 1 saturated heterocycles. The topological polar surface area (TPSA) is 62.2 Å². The Morgan fingerprint density at radius 2 is 2.08 bits per heavy atom. The summed E-state index contributed by atoms with van der Waals surface area (Å²) in [5.74, 6) is -0.0853. The van der Waals surface area contributed by atoms with E-state index in [1.165, 1.54) is 31.4 Å². The number of hydrogen-bond acceptors (Lipinski definition) is 4. The lowest BCUT2D eigenvalue weighted by molar-refractivity contribution is -0.118. The number of amides is 1. The third kappa shape index (κ3) is 4.51. The Hall–Kier alpha value is -2.18. The van der Waals surface area contributed by atoms with Gasteiger partial charge in [-0.05, 0) is 51.1 Å². The average Bonchev–Trinajstić information content (AvgIpc) is 3.05. The van der Waals surface area contributed by atoms with E-state index in [1.807, 2.05) is 25.4 Å². The van der Waals surface area contributed by atoms with Gasteiger partial charge < -0.3 is 10.6 Å². The van der Waals surface area contributed by atoms with Gasteiger partial charge in [0.15, 0.2) is 0 Å². The first-order valence-electron chi connectivity index (χ1n) is 9.36. The molecule has 0 saturated carbocycles. The summed E-state index contributed by atoms with van der Waals surface area (Å²) in [6, 6.07) is 8.41. The number of piperidine rings is 1. The molecule has 0 aliphatic carbocycles. The summed E-state index contributed by atoms with van der Waals surface area (Å²) >= 11 is 0. The maximum atomic E-state index is 12.6. The van der Waals surface area contributed by atoms with Crippen molar-refractivity contribution in [1.82, 2.24) is 20.0 Å². The van der Waals surface area contributed by atoms with E-state index in [4.69, 9.17) is 0 Å². The molecule has 1 aliphatic rings. The van der Waals surface area contributed by atoms with Crippen molar-refractivity contribution in [2.75, 3.05) is 18.9 Å². The Morgan fingerprint density at radius 3 is 2.69 bits per heavy atom. The number of carbonyl (C=O) groups is 1. The summed E-state index contributed by atoms with van der Waals surface area (Å²) in [5, 5.41) is 10.2. The van der Waals surface area contributed by atoms with E-state index in [9.17, 15) is 4.79 Å². The van der Waals surface area contributed by atoms with Crippen LogP contribution in [0.3, 0.4) is 0 Å². The standard InChI is InChI=1S/C20H29N5O/c1-15-6-4-5-11-25(15)13-16-7-9-18(10-8-16)23-20(26)19(21-2)17-12-22-24(3)14-17/h7-10,12,14-15,19,21H,4-6,11,13H2,1-3H3,(H,23,26). The van der Waals surface area contributed by atoms with Gasteiger partial charge in [-0.25, -0.2) is 0 Å². The molecule has 3 rings (SSSR count). The molecule has 6 heteroatoms. The normalized spacial score (nSPS) is 19.3. The molecule has 26 heavy (non-hydrogen) atoms. The zero-order valence-electron chi connectivity index (χ0n) is 15.9. The van der Waals surface area contributed by atoms with Gasteiger partial charge in [-0.1, -0.05) is 18.6 Å². The third-order valence-corrected chi connectivity index (χ3v) is 5.16. The number of aromatic nitrogens is 2. The van der Waals surface area contributed by atoms with E-state index in [1.54, 1.807) is 17.9 Å². The molecule has 2 unspecified atom stereocenters. The number of hydrogen-bond donors (Lipinski definition) is 2. The van der Waals surface area contributed by atoms with Crippen molar-refractivity contribution in [2.24, 2.45) is 7.05 Å². The first-order chi connectivity index (χ1) is 12.6. The molecule has 2 atom stereocenters. The molecule has 1 amide bonds. The third-order valence-electron chi connectivity index (χ3n) is 5.16. The molecule has 1 aromatic heterocycles. The second kappa shape index (κ2) is 8.47. The summed E-state index contributed by atoms with van der Waals surface area (Å²) in [7, 11) is 3.62. The molecule has 2 heterocycles. The first-order valence-corrected chi connectivity index (χ1v) is 9.36. The first kappa shape index (κ1) is 18.6. The van der Waals surface area contributed by atoms with E-state index < -0.39 is 6.04 Å². The van der Waals surface area contributed by atoms with Crippen LogP contribution in [0.5, 0.6) is 0 Å². The highest BCUT2D eigenvalue weighted by Crippen LogP contribution is 2.20. The van der Waals surface area contributed by atoms with Crippen molar-refractivity contribution >= 4 is 11.6 Å². The van der Waals surface area contributed by atoms with Crippen LogP contribution in [0.1, 0.15) is 43.4 Å². The number of anilines is 1. The molecule has 1 fully saturated rings. The van der Waals surface area contributed by atoms with Crippen LogP contribution < -0.4 is 10.6 Å². The van der Waals surface area contributed by atoms with Gasteiger partial charge in [0.2, 0.25) is 5.91 Å². The molecule has 6 nitrogen and oxygen atoms in total. The molecule has 0 spiro atoms. The highest BCUT2D eigenvalue weighted by Gasteiger charge is 2.21. The van der Waals surface area contributed by atoms with Crippen LogP contribution >= 0.6 is 0 Å². The molecule has 0 radical (unpaired) electrons. The van der Waals surface area contributed by atoms with Crippen LogP contribution in [-0.4, -0.2) is 40.2 Å². The predicted molar refractivity (Wildman–Crippen MR) is 104 cm³/mol. The quantitative estimate of drug-likeness (QED) is 0.836. The summed E-state index contributed by atoms with van der Waals surface area (Å²) < 4.78 is 1.70. The maximum absolute atomic E-state index is 12.6. The number of nitrogens with zero attached hydrogens (tertiary/aromatic N) is 3. The second-order valence-corrected chi connectivity index (χ2v) is 7.17. The molecule has 140 valence electrons. The van der Waals surface area contributed by atoms with Crippen molar-refractivity contribution < 1.29 is 4.79 Å². The summed E-state index contributed by atoms with van der Waals surface area (Å²) in [4.78, 5) is 15.1. The van der Waals surface area contributed by atoms with Crippen molar-refractivity contribution in [3.63, 3.8) is 0 Å². The summed E-state index contributed by atoms with van der Waals surface area (Å²) in [6.45, 7) is 4.46. The van der Waals surface area contributed by atoms with Crippen LogP contribution in [0.15, 0.2) is 36.7 Å². The highest BCUT2D eigenvalue weighted by atomic mass is 16.2. The number of carbonyl (C=O) groups excluding carboxylic acids is 1. The van der Waals surface area contributed by atoms with Gasteiger partial charge in [0, 0.05) is 37.1 Å². The van der Waals surface area contributed by atoms with E-state index >= 15 is 0 Å². The SMILES string of the molecule is CNC(C(=O)Nc1ccc(CN2CCCCC2C)cc1)c1cnn(C)c1. The Kier molecular flexibility index (Phi) is 6.06. The zero-order valence-corrected chi connectivity index (χ0v) is 15.9. The number of rotatable bonds is 6. The summed E-state index contributed by atoms with van der Waals surface area (Å²) in [6.07, 6.45) is 7.48. The second-order valence-electron chi connectivity index (χ2n) is 7.17. The molecule has 1 aromatic carbocycles. The molecule has 0 bridgehead atoms. The van der Waals surface area contributed by atoms with Gasteiger partial charge in [0.25, 0.3) is 0 Å². The van der Waals surface area contributed by atoms with E-state index in [0.29, 0.717) is 6.04 Å². The van der Waals surface area contributed by atoms with Gasteiger partial charge >= 0.3 is 0 Å². The fourth-order valence-corrected chi connectivity index (χ4v) is 3.57. The molecule has 2 aromatic rings. The van der Waals surface area contributed by atoms with Crippen molar-refractivity contribution in [1.29, 1.82) is 0 Å². The minimum Gasteiger partial charge on any atom is -0.324 e. The van der Waals surface area contributed by atoms with Crippen molar-refractivity contribution in [3.8, 4) is 0 Å². The van der Waals surface area contributed by atoms with E-state index in [-0.39, 0.29) is 5.91 Å². The number of likely N-dealkylation sites (tertiary alicyclic amines) is 1. The minimum absolute atomic E-state index is 0.0853. The number of benzene rings is 1. The van der Waals surface area contributed by atoms with Gasteiger partial charge in [-0.2, -0.15) is 5.10 Å². The Bertz CT molecular complexity index is 724. The molecular formula is C20H29N5O. The fourth-order valence-electron chi connectivity index (χ4n) is 3.57. The van der Waals surface area contributed by atoms with Crippen molar-refractivity contribution in [2.45, 2.75) is 44.8 Å². The van der Waals surface area contributed by atoms with Gasteiger partial charge in [0.05, 0.1) is 6.20 Å². The number of aryl methyl sites for hydroxylation is 1. The van der Waals surface area contributed by atoms with Gasteiger partial charge in [-0.15, -0.1) is 0 Å². The zero-order chi connectivity index (χ0) is 18.5. The fraction of sp³-hybridized carbons (Fsp3) is 0.500. The van der Waals surface area contributed by atoms with E-state index in [0.717, 1.165) is 17.8 Å². The monoisotopic (exact) mass is 355 g/mol.